The summed E-state index contributed by atoms with van der Waals surface area (Å²) in [5.41, 5.74) is -2.52. The van der Waals surface area contributed by atoms with Crippen LogP contribution < -0.4 is 0 Å². The lowest BCUT2D eigenvalue weighted by atomic mass is 9.85. The van der Waals surface area contributed by atoms with E-state index in [1.54, 1.807) is 0 Å². The van der Waals surface area contributed by atoms with Gasteiger partial charge in [-0.1, -0.05) is 30.3 Å². The van der Waals surface area contributed by atoms with Gasteiger partial charge < -0.3 is 0 Å². The summed E-state index contributed by atoms with van der Waals surface area (Å²) >= 11 is 0. The summed E-state index contributed by atoms with van der Waals surface area (Å²) in [5, 5.41) is -1.66. The van der Waals surface area contributed by atoms with E-state index >= 15 is 8.78 Å². The van der Waals surface area contributed by atoms with E-state index in [9.17, 15) is 30.7 Å². The molecule has 5 aromatic carbocycles. The largest absolute Gasteiger partial charge is 0.206 e. The molecular formula is C26H9F9. The standard InChI is InChI=1S/C26H9F9/c27-13-6-5-10(9-16(13)30)17-11-3-1-2-4-12(11)18(20-15(29)8-7-14(28)19(17)20)21-22(31)24(33)26(35)25(34)23(21)32/h1-9H. The highest BCUT2D eigenvalue weighted by molar-refractivity contribution is 6.21. The van der Waals surface area contributed by atoms with Gasteiger partial charge in [0.25, 0.3) is 0 Å². The van der Waals surface area contributed by atoms with Crippen LogP contribution >= 0.6 is 0 Å². The van der Waals surface area contributed by atoms with Crippen molar-refractivity contribution in [1.29, 1.82) is 0 Å². The summed E-state index contributed by atoms with van der Waals surface area (Å²) in [6, 6.07) is 9.14. The van der Waals surface area contributed by atoms with Gasteiger partial charge in [-0.3, -0.25) is 0 Å². The second-order valence-corrected chi connectivity index (χ2v) is 7.65. The van der Waals surface area contributed by atoms with E-state index < -0.39 is 74.3 Å². The van der Waals surface area contributed by atoms with Gasteiger partial charge in [-0.2, -0.15) is 0 Å². The number of fused-ring (bicyclic) bond motifs is 2. The Morgan fingerprint density at radius 1 is 0.371 bits per heavy atom. The van der Waals surface area contributed by atoms with Crippen molar-refractivity contribution in [2.75, 3.05) is 0 Å². The quantitative estimate of drug-likeness (QED) is 0.100. The van der Waals surface area contributed by atoms with Crippen LogP contribution in [0.15, 0.2) is 54.6 Å². The Morgan fingerprint density at radius 3 is 1.37 bits per heavy atom. The van der Waals surface area contributed by atoms with Crippen LogP contribution in [0.2, 0.25) is 0 Å². The first-order valence-corrected chi connectivity index (χ1v) is 9.93. The fourth-order valence-electron chi connectivity index (χ4n) is 4.26. The monoisotopic (exact) mass is 492 g/mol. The third-order valence-electron chi connectivity index (χ3n) is 5.74. The zero-order valence-corrected chi connectivity index (χ0v) is 17.1. The zero-order chi connectivity index (χ0) is 25.2. The van der Waals surface area contributed by atoms with Crippen LogP contribution in [0.25, 0.3) is 43.8 Å². The van der Waals surface area contributed by atoms with Gasteiger partial charge in [0.2, 0.25) is 5.82 Å². The lowest BCUT2D eigenvalue weighted by Crippen LogP contribution is -2.06. The van der Waals surface area contributed by atoms with Gasteiger partial charge in [-0.25, -0.2) is 39.5 Å². The molecule has 0 unspecified atom stereocenters. The molecule has 0 aromatic heterocycles. The van der Waals surface area contributed by atoms with Crippen molar-refractivity contribution in [2.24, 2.45) is 0 Å². The summed E-state index contributed by atoms with van der Waals surface area (Å²) in [7, 11) is 0. The van der Waals surface area contributed by atoms with Gasteiger partial charge >= 0.3 is 0 Å². The van der Waals surface area contributed by atoms with Gasteiger partial charge in [-0.15, -0.1) is 0 Å². The third kappa shape index (κ3) is 3.25. The van der Waals surface area contributed by atoms with Gasteiger partial charge in [0.15, 0.2) is 34.9 Å². The fraction of sp³-hybridized carbons (Fsp3) is 0. The highest BCUT2D eigenvalue weighted by Crippen LogP contribution is 2.47. The number of benzene rings is 5. The van der Waals surface area contributed by atoms with E-state index in [-0.39, 0.29) is 21.9 Å². The SMILES string of the molecule is Fc1ccc(-c2c3ccccc3c(-c3c(F)c(F)c(F)c(F)c3F)c3c(F)ccc(F)c23)cc1F. The lowest BCUT2D eigenvalue weighted by molar-refractivity contribution is 0.381. The Kier molecular flexibility index (Phi) is 5.23. The Labute approximate surface area is 190 Å². The lowest BCUT2D eigenvalue weighted by Gasteiger charge is -2.19. The summed E-state index contributed by atoms with van der Waals surface area (Å²) < 4.78 is 130. The average Bonchev–Trinajstić information content (AvgIpc) is 2.85. The molecule has 0 radical (unpaired) electrons. The molecule has 0 saturated heterocycles. The van der Waals surface area contributed by atoms with Crippen molar-refractivity contribution < 1.29 is 39.5 Å². The smallest absolute Gasteiger partial charge is 0.200 e. The maximum Gasteiger partial charge on any atom is 0.200 e. The average molecular weight is 492 g/mol. The Bertz CT molecular complexity index is 1660. The topological polar surface area (TPSA) is 0 Å². The van der Waals surface area contributed by atoms with Crippen molar-refractivity contribution in [2.45, 2.75) is 0 Å². The van der Waals surface area contributed by atoms with E-state index in [1.165, 1.54) is 24.3 Å². The molecule has 0 fully saturated rings. The van der Waals surface area contributed by atoms with E-state index in [4.69, 9.17) is 0 Å². The van der Waals surface area contributed by atoms with Crippen LogP contribution in [0, 0.1) is 52.4 Å². The first-order chi connectivity index (χ1) is 16.6. The van der Waals surface area contributed by atoms with Crippen molar-refractivity contribution in [3.05, 3.63) is 107 Å². The number of hydrogen-bond donors (Lipinski definition) is 0. The molecule has 176 valence electrons. The summed E-state index contributed by atoms with van der Waals surface area (Å²) in [5.74, 6) is -16.3. The second-order valence-electron chi connectivity index (χ2n) is 7.65. The normalized spacial score (nSPS) is 11.6. The van der Waals surface area contributed by atoms with Crippen LogP contribution in [-0.4, -0.2) is 0 Å². The van der Waals surface area contributed by atoms with Gasteiger partial charge in [0.1, 0.15) is 11.6 Å². The first-order valence-electron chi connectivity index (χ1n) is 9.93. The van der Waals surface area contributed by atoms with Crippen LogP contribution in [-0.2, 0) is 0 Å². The highest BCUT2D eigenvalue weighted by Gasteiger charge is 2.31. The molecule has 0 bridgehead atoms. The second kappa shape index (κ2) is 8.04. The van der Waals surface area contributed by atoms with Crippen molar-refractivity contribution >= 4 is 21.5 Å². The molecule has 0 spiro atoms. The Balaban J connectivity index is 2.10. The van der Waals surface area contributed by atoms with Gasteiger partial charge in [0, 0.05) is 21.9 Å². The minimum absolute atomic E-state index is 0.0329. The first kappa shape index (κ1) is 22.8. The fourth-order valence-corrected chi connectivity index (χ4v) is 4.26. The van der Waals surface area contributed by atoms with Crippen molar-refractivity contribution in [3.8, 4) is 22.3 Å². The molecule has 5 rings (SSSR count). The summed E-state index contributed by atoms with van der Waals surface area (Å²) in [4.78, 5) is 0. The number of rotatable bonds is 2. The van der Waals surface area contributed by atoms with Gasteiger partial charge in [-0.05, 0) is 40.6 Å². The predicted molar refractivity (Wildman–Crippen MR) is 112 cm³/mol. The van der Waals surface area contributed by atoms with Crippen LogP contribution in [0.3, 0.4) is 0 Å². The highest BCUT2D eigenvalue weighted by atomic mass is 19.2. The molecule has 0 atom stereocenters. The molecule has 0 heterocycles. The number of halogens is 9. The molecule has 0 nitrogen and oxygen atoms in total. The van der Waals surface area contributed by atoms with E-state index in [0.29, 0.717) is 12.1 Å². The molecule has 35 heavy (non-hydrogen) atoms. The molecule has 0 N–H and O–H groups in total. The van der Waals surface area contributed by atoms with Crippen LogP contribution in [0.4, 0.5) is 39.5 Å². The molecule has 9 heteroatoms. The minimum atomic E-state index is -2.41. The molecule has 0 aliphatic carbocycles. The molecule has 5 aromatic rings. The molecule has 0 saturated carbocycles. The van der Waals surface area contributed by atoms with Crippen LogP contribution in [0.1, 0.15) is 0 Å². The van der Waals surface area contributed by atoms with E-state index in [0.717, 1.165) is 18.2 Å². The molecule has 0 amide bonds. The maximum absolute atomic E-state index is 15.2. The van der Waals surface area contributed by atoms with Gasteiger partial charge in [0.05, 0.1) is 5.56 Å². The van der Waals surface area contributed by atoms with Crippen molar-refractivity contribution in [3.63, 3.8) is 0 Å². The van der Waals surface area contributed by atoms with E-state index in [1.807, 2.05) is 0 Å². The third-order valence-corrected chi connectivity index (χ3v) is 5.74. The summed E-state index contributed by atoms with van der Waals surface area (Å²) in [6.07, 6.45) is 0. The Morgan fingerprint density at radius 2 is 0.829 bits per heavy atom. The molecule has 0 aliphatic rings. The van der Waals surface area contributed by atoms with Crippen molar-refractivity contribution in [1.82, 2.24) is 0 Å². The van der Waals surface area contributed by atoms with Crippen LogP contribution in [0.5, 0.6) is 0 Å². The zero-order valence-electron chi connectivity index (χ0n) is 17.1. The molecular weight excluding hydrogens is 483 g/mol. The Hall–Kier alpha value is -4.01. The van der Waals surface area contributed by atoms with E-state index in [2.05, 4.69) is 0 Å². The number of hydrogen-bond acceptors (Lipinski definition) is 0. The summed E-state index contributed by atoms with van der Waals surface area (Å²) in [6.45, 7) is 0. The predicted octanol–water partition coefficient (Wildman–Crippen LogP) is 8.58. The minimum Gasteiger partial charge on any atom is -0.206 e. The molecule has 0 aliphatic heterocycles. The maximum atomic E-state index is 15.2.